The Morgan fingerprint density at radius 3 is 2.38 bits per heavy atom. The fraction of sp³-hybridized carbons (Fsp3) is 1.00. The van der Waals surface area contributed by atoms with Crippen molar-refractivity contribution >= 4 is 0 Å². The summed E-state index contributed by atoms with van der Waals surface area (Å²) in [7, 11) is 0. The molecular formula is C11H18FN. The molecule has 2 unspecified atom stereocenters. The molecule has 0 bridgehead atoms. The largest absolute Gasteiger partial charge is 0.302 e. The Hall–Kier alpha value is -0.110. The van der Waals surface area contributed by atoms with Gasteiger partial charge in [-0.05, 0) is 24.7 Å². The van der Waals surface area contributed by atoms with E-state index in [1.54, 1.807) is 0 Å². The maximum Gasteiger partial charge on any atom is 0.109 e. The molecular weight excluding hydrogens is 165 g/mol. The van der Waals surface area contributed by atoms with Crippen LogP contribution < -0.4 is 0 Å². The third-order valence-electron chi connectivity index (χ3n) is 4.43. The summed E-state index contributed by atoms with van der Waals surface area (Å²) < 4.78 is 12.9. The van der Waals surface area contributed by atoms with Crippen LogP contribution in [0.1, 0.15) is 26.2 Å². The van der Waals surface area contributed by atoms with E-state index in [-0.39, 0.29) is 0 Å². The highest BCUT2D eigenvalue weighted by Crippen LogP contribution is 2.53. The first kappa shape index (κ1) is 8.22. The molecule has 0 aromatic heterocycles. The van der Waals surface area contributed by atoms with Gasteiger partial charge in [0.05, 0.1) is 0 Å². The molecule has 0 aromatic carbocycles. The van der Waals surface area contributed by atoms with Gasteiger partial charge in [0.15, 0.2) is 0 Å². The number of alkyl halides is 1. The van der Waals surface area contributed by atoms with E-state index >= 15 is 0 Å². The Bertz CT molecular complexity index is 212. The van der Waals surface area contributed by atoms with E-state index < -0.39 is 6.17 Å². The lowest BCUT2D eigenvalue weighted by Crippen LogP contribution is -2.31. The fourth-order valence-electron chi connectivity index (χ4n) is 2.94. The topological polar surface area (TPSA) is 3.24 Å². The smallest absolute Gasteiger partial charge is 0.109 e. The average Bonchev–Trinajstić information content (AvgIpc) is 2.94. The van der Waals surface area contributed by atoms with E-state index in [1.807, 2.05) is 0 Å². The number of hydrogen-bond acceptors (Lipinski definition) is 1. The first-order valence-corrected chi connectivity index (χ1v) is 5.60. The minimum atomic E-state index is -0.437. The highest BCUT2D eigenvalue weighted by atomic mass is 19.1. The van der Waals surface area contributed by atoms with Gasteiger partial charge in [0.25, 0.3) is 0 Å². The van der Waals surface area contributed by atoms with E-state index in [2.05, 4.69) is 11.8 Å². The van der Waals surface area contributed by atoms with Crippen molar-refractivity contribution < 1.29 is 4.39 Å². The summed E-state index contributed by atoms with van der Waals surface area (Å²) in [6, 6.07) is 0. The number of halogens is 1. The lowest BCUT2D eigenvalue weighted by molar-refractivity contribution is 0.212. The van der Waals surface area contributed by atoms with Crippen LogP contribution in [0.2, 0.25) is 0 Å². The summed E-state index contributed by atoms with van der Waals surface area (Å²) in [6.45, 7) is 5.64. The van der Waals surface area contributed by atoms with Gasteiger partial charge in [0.1, 0.15) is 6.17 Å². The summed E-state index contributed by atoms with van der Waals surface area (Å²) in [6.07, 6.45) is 3.70. The van der Waals surface area contributed by atoms with E-state index in [1.165, 1.54) is 25.8 Å². The molecule has 0 aromatic rings. The molecule has 3 fully saturated rings. The van der Waals surface area contributed by atoms with Gasteiger partial charge in [-0.15, -0.1) is 0 Å². The second-order valence-corrected chi connectivity index (χ2v) is 5.32. The van der Waals surface area contributed by atoms with Gasteiger partial charge in [-0.3, -0.25) is 0 Å². The molecule has 0 N–H and O–H groups in total. The number of piperidine rings is 1. The second kappa shape index (κ2) is 2.47. The second-order valence-electron chi connectivity index (χ2n) is 5.32. The van der Waals surface area contributed by atoms with Crippen LogP contribution in [0.3, 0.4) is 0 Å². The lowest BCUT2D eigenvalue weighted by Gasteiger charge is -2.23. The molecule has 0 spiro atoms. The van der Waals surface area contributed by atoms with Crippen molar-refractivity contribution in [3.05, 3.63) is 0 Å². The molecule has 0 amide bonds. The minimum Gasteiger partial charge on any atom is -0.302 e. The van der Waals surface area contributed by atoms with Crippen molar-refractivity contribution in [1.82, 2.24) is 4.90 Å². The number of nitrogens with zero attached hydrogens (tertiary/aromatic N) is 1. The monoisotopic (exact) mass is 183 g/mol. The Balaban J connectivity index is 1.53. The van der Waals surface area contributed by atoms with Crippen molar-refractivity contribution in [1.29, 1.82) is 0 Å². The van der Waals surface area contributed by atoms with Crippen molar-refractivity contribution in [3.8, 4) is 0 Å². The maximum atomic E-state index is 12.9. The van der Waals surface area contributed by atoms with Gasteiger partial charge in [0.2, 0.25) is 0 Å². The van der Waals surface area contributed by atoms with E-state index in [0.717, 1.165) is 13.1 Å². The highest BCUT2D eigenvalue weighted by molar-refractivity contribution is 5.07. The molecule has 2 atom stereocenters. The van der Waals surface area contributed by atoms with Crippen LogP contribution in [0.15, 0.2) is 0 Å². The first-order chi connectivity index (χ1) is 6.24. The maximum absolute atomic E-state index is 12.9. The number of likely N-dealkylation sites (tertiary alicyclic amines) is 1. The predicted octanol–water partition coefficient (Wildman–Crippen LogP) is 2.08. The van der Waals surface area contributed by atoms with Gasteiger partial charge in [-0.25, -0.2) is 4.39 Å². The minimum absolute atomic E-state index is 0.424. The van der Waals surface area contributed by atoms with Gasteiger partial charge in [-0.1, -0.05) is 6.92 Å². The molecule has 74 valence electrons. The van der Waals surface area contributed by atoms with Crippen LogP contribution in [0.25, 0.3) is 0 Å². The molecule has 1 nitrogen and oxygen atoms in total. The quantitative estimate of drug-likeness (QED) is 0.647. The predicted molar refractivity (Wildman–Crippen MR) is 50.3 cm³/mol. The molecule has 3 rings (SSSR count). The summed E-state index contributed by atoms with van der Waals surface area (Å²) >= 11 is 0. The zero-order chi connectivity index (χ0) is 9.05. The Kier molecular flexibility index (Phi) is 1.56. The van der Waals surface area contributed by atoms with Crippen molar-refractivity contribution in [2.75, 3.05) is 19.6 Å². The molecule has 1 aliphatic heterocycles. The van der Waals surface area contributed by atoms with Crippen LogP contribution in [-0.4, -0.2) is 30.7 Å². The number of fused-ring (bicyclic) bond motifs is 1. The summed E-state index contributed by atoms with van der Waals surface area (Å²) in [5.74, 6) is 0.848. The zero-order valence-electron chi connectivity index (χ0n) is 8.30. The fourth-order valence-corrected chi connectivity index (χ4v) is 2.94. The van der Waals surface area contributed by atoms with Crippen LogP contribution in [0, 0.1) is 17.3 Å². The van der Waals surface area contributed by atoms with Gasteiger partial charge < -0.3 is 4.90 Å². The normalized spacial score (nSPS) is 46.2. The summed E-state index contributed by atoms with van der Waals surface area (Å²) in [4.78, 5) is 2.50. The third kappa shape index (κ3) is 1.22. The zero-order valence-corrected chi connectivity index (χ0v) is 8.30. The summed E-state index contributed by atoms with van der Waals surface area (Å²) in [5, 5.41) is 0. The molecule has 1 saturated heterocycles. The van der Waals surface area contributed by atoms with Gasteiger partial charge in [-0.2, -0.15) is 0 Å². The lowest BCUT2D eigenvalue weighted by atomic mass is 10.0. The Morgan fingerprint density at radius 2 is 1.92 bits per heavy atom. The van der Waals surface area contributed by atoms with E-state index in [4.69, 9.17) is 0 Å². The Labute approximate surface area is 79.3 Å². The molecule has 2 aliphatic carbocycles. The molecule has 13 heavy (non-hydrogen) atoms. The summed E-state index contributed by atoms with van der Waals surface area (Å²) in [5.41, 5.74) is 0.655. The standard InChI is InChI=1S/C11H18FN/c1-2-11(3-4-11)7-13-5-8-9(6-13)10(8)12/h8-10H,2-7H2,1H3. The van der Waals surface area contributed by atoms with Gasteiger partial charge in [0, 0.05) is 31.5 Å². The van der Waals surface area contributed by atoms with Crippen LogP contribution in [0.4, 0.5) is 4.39 Å². The molecule has 3 aliphatic rings. The highest BCUT2D eigenvalue weighted by Gasteiger charge is 2.57. The molecule has 0 radical (unpaired) electrons. The van der Waals surface area contributed by atoms with Crippen LogP contribution in [-0.2, 0) is 0 Å². The van der Waals surface area contributed by atoms with E-state index in [0.29, 0.717) is 17.3 Å². The van der Waals surface area contributed by atoms with Crippen molar-refractivity contribution in [2.24, 2.45) is 17.3 Å². The molecule has 1 heterocycles. The third-order valence-corrected chi connectivity index (χ3v) is 4.43. The molecule has 2 heteroatoms. The van der Waals surface area contributed by atoms with Gasteiger partial charge >= 0.3 is 0 Å². The SMILES string of the molecule is CCC1(CN2CC3C(F)C3C2)CC1. The van der Waals surface area contributed by atoms with E-state index in [9.17, 15) is 4.39 Å². The van der Waals surface area contributed by atoms with Crippen molar-refractivity contribution in [3.63, 3.8) is 0 Å². The Morgan fingerprint density at radius 1 is 1.31 bits per heavy atom. The average molecular weight is 183 g/mol. The number of hydrogen-bond donors (Lipinski definition) is 0. The van der Waals surface area contributed by atoms with Crippen molar-refractivity contribution in [2.45, 2.75) is 32.4 Å². The molecule has 2 saturated carbocycles. The van der Waals surface area contributed by atoms with Crippen LogP contribution >= 0.6 is 0 Å². The van der Waals surface area contributed by atoms with Crippen LogP contribution in [0.5, 0.6) is 0 Å². The number of rotatable bonds is 3. The first-order valence-electron chi connectivity index (χ1n) is 5.60.